The van der Waals surface area contributed by atoms with Crippen molar-refractivity contribution in [2.75, 3.05) is 6.61 Å². The molecule has 5 N–H and O–H groups in total. The van der Waals surface area contributed by atoms with Crippen molar-refractivity contribution in [3.63, 3.8) is 0 Å². The van der Waals surface area contributed by atoms with Gasteiger partial charge in [-0.25, -0.2) is 0 Å². The molecule has 0 radical (unpaired) electrons. The van der Waals surface area contributed by atoms with Crippen LogP contribution in [0, 0.1) is 5.92 Å². The number of nitrogens with zero attached hydrogens (tertiary/aromatic N) is 1. The lowest BCUT2D eigenvalue weighted by Crippen LogP contribution is -2.50. The molecule has 1 saturated carbocycles. The molecule has 1 aliphatic rings. The number of aliphatic hydroxyl groups excluding tert-OH is 1. The molecule has 0 aliphatic heterocycles. The molecule has 0 spiro atoms. The number of nitrogens with one attached hydrogen (secondary N) is 1. The van der Waals surface area contributed by atoms with E-state index in [0.29, 0.717) is 5.92 Å². The largest absolute Gasteiger partial charge is 0.409 e. The molecule has 0 amide bonds. The number of rotatable bonds is 5. The Morgan fingerprint density at radius 3 is 2.75 bits per heavy atom. The molecule has 94 valence electrons. The maximum Gasteiger partial charge on any atom is 0.156 e. The zero-order chi connectivity index (χ0) is 12.0. The van der Waals surface area contributed by atoms with Gasteiger partial charge in [0.25, 0.3) is 0 Å². The first-order valence-corrected chi connectivity index (χ1v) is 6.07. The van der Waals surface area contributed by atoms with Gasteiger partial charge in [0, 0.05) is 12.6 Å². The highest BCUT2D eigenvalue weighted by Gasteiger charge is 2.27. The Bertz CT molecular complexity index is 233. The second kappa shape index (κ2) is 6.70. The van der Waals surface area contributed by atoms with E-state index in [1.165, 1.54) is 12.8 Å². The topological polar surface area (TPSA) is 90.9 Å². The minimum atomic E-state index is -0.0952. The number of hydrogen-bond acceptors (Lipinski definition) is 4. The lowest BCUT2D eigenvalue weighted by molar-refractivity contribution is 0.149. The fourth-order valence-electron chi connectivity index (χ4n) is 2.39. The van der Waals surface area contributed by atoms with Crippen molar-refractivity contribution in [1.82, 2.24) is 5.32 Å². The first-order valence-electron chi connectivity index (χ1n) is 6.07. The van der Waals surface area contributed by atoms with Crippen LogP contribution in [-0.2, 0) is 0 Å². The van der Waals surface area contributed by atoms with Gasteiger partial charge in [0.05, 0.1) is 6.04 Å². The van der Waals surface area contributed by atoms with Crippen LogP contribution in [0.15, 0.2) is 5.16 Å². The first-order chi connectivity index (χ1) is 7.72. The summed E-state index contributed by atoms with van der Waals surface area (Å²) in [4.78, 5) is 0. The Labute approximate surface area is 96.7 Å². The predicted molar refractivity (Wildman–Crippen MR) is 63.5 cm³/mol. The molecule has 0 bridgehead atoms. The quantitative estimate of drug-likeness (QED) is 0.241. The number of nitrogens with two attached hydrogens (primary N) is 1. The summed E-state index contributed by atoms with van der Waals surface area (Å²) in [5, 5.41) is 24.4. The lowest BCUT2D eigenvalue weighted by atomic mass is 9.84. The third kappa shape index (κ3) is 3.35. The summed E-state index contributed by atoms with van der Waals surface area (Å²) in [6.45, 7) is 2.21. The van der Waals surface area contributed by atoms with E-state index in [2.05, 4.69) is 10.5 Å². The van der Waals surface area contributed by atoms with Crippen molar-refractivity contribution in [3.05, 3.63) is 0 Å². The van der Waals surface area contributed by atoms with Crippen LogP contribution < -0.4 is 11.1 Å². The van der Waals surface area contributed by atoms with Gasteiger partial charge in [0.2, 0.25) is 0 Å². The normalized spacial score (nSPS) is 29.0. The Morgan fingerprint density at radius 2 is 2.19 bits per heavy atom. The van der Waals surface area contributed by atoms with Gasteiger partial charge in [-0.05, 0) is 25.2 Å². The van der Waals surface area contributed by atoms with E-state index >= 15 is 0 Å². The van der Waals surface area contributed by atoms with E-state index in [0.717, 1.165) is 19.3 Å². The molecule has 0 aromatic rings. The number of aliphatic hydroxyl groups is 1. The molecule has 5 nitrogen and oxygen atoms in total. The van der Waals surface area contributed by atoms with Crippen LogP contribution >= 0.6 is 0 Å². The summed E-state index contributed by atoms with van der Waals surface area (Å²) < 4.78 is 0. The molecule has 3 unspecified atom stereocenters. The Kier molecular flexibility index (Phi) is 5.55. The number of amidine groups is 1. The van der Waals surface area contributed by atoms with Gasteiger partial charge in [-0.2, -0.15) is 0 Å². The van der Waals surface area contributed by atoms with Gasteiger partial charge in [0.15, 0.2) is 5.84 Å². The molecule has 0 heterocycles. The average Bonchev–Trinajstić information content (AvgIpc) is 2.35. The molecule has 0 saturated heterocycles. The Hall–Kier alpha value is -0.810. The van der Waals surface area contributed by atoms with Crippen molar-refractivity contribution >= 4 is 5.84 Å². The van der Waals surface area contributed by atoms with E-state index in [4.69, 9.17) is 10.9 Å². The van der Waals surface area contributed by atoms with Gasteiger partial charge in [-0.1, -0.05) is 24.9 Å². The second-order valence-corrected chi connectivity index (χ2v) is 4.49. The molecule has 16 heavy (non-hydrogen) atoms. The van der Waals surface area contributed by atoms with Crippen LogP contribution in [0.5, 0.6) is 0 Å². The summed E-state index contributed by atoms with van der Waals surface area (Å²) in [6, 6.07) is 0.186. The minimum absolute atomic E-state index is 0.0952. The molecular formula is C11H23N3O2. The zero-order valence-electron chi connectivity index (χ0n) is 9.89. The molecule has 3 atom stereocenters. The summed E-state index contributed by atoms with van der Waals surface area (Å²) in [5.41, 5.74) is 5.61. The standard InChI is InChI=1S/C11H23N3O2/c1-2-9(11(12)14-16)13-10-6-4-3-5-8(10)7-15/h8-10,13,15-16H,2-7H2,1H3,(H2,12,14). The lowest BCUT2D eigenvalue weighted by Gasteiger charge is -2.33. The van der Waals surface area contributed by atoms with Gasteiger partial charge in [-0.3, -0.25) is 0 Å². The van der Waals surface area contributed by atoms with E-state index < -0.39 is 0 Å². The first kappa shape index (κ1) is 13.3. The SMILES string of the molecule is CCC(NC1CCCCC1CO)C(N)=NO. The van der Waals surface area contributed by atoms with Gasteiger partial charge < -0.3 is 21.4 Å². The molecule has 0 aromatic carbocycles. The van der Waals surface area contributed by atoms with Crippen molar-refractivity contribution < 1.29 is 10.3 Å². The van der Waals surface area contributed by atoms with Gasteiger partial charge in [0.1, 0.15) is 0 Å². The van der Waals surface area contributed by atoms with Crippen LogP contribution in [-0.4, -0.2) is 34.8 Å². The Morgan fingerprint density at radius 1 is 1.50 bits per heavy atom. The van der Waals surface area contributed by atoms with E-state index in [1.807, 2.05) is 6.92 Å². The predicted octanol–water partition coefficient (Wildman–Crippen LogP) is 0.652. The third-order valence-corrected chi connectivity index (χ3v) is 3.44. The minimum Gasteiger partial charge on any atom is -0.409 e. The maximum absolute atomic E-state index is 9.29. The highest BCUT2D eigenvalue weighted by Crippen LogP contribution is 2.24. The summed E-state index contributed by atoms with van der Waals surface area (Å²) in [5.74, 6) is 0.527. The van der Waals surface area contributed by atoms with Crippen LogP contribution in [0.2, 0.25) is 0 Å². The summed E-state index contributed by atoms with van der Waals surface area (Å²) >= 11 is 0. The smallest absolute Gasteiger partial charge is 0.156 e. The molecule has 1 fully saturated rings. The van der Waals surface area contributed by atoms with Crippen LogP contribution in [0.4, 0.5) is 0 Å². The maximum atomic E-state index is 9.29. The number of hydrogen-bond donors (Lipinski definition) is 4. The van der Waals surface area contributed by atoms with Gasteiger partial charge >= 0.3 is 0 Å². The Balaban J connectivity index is 2.55. The van der Waals surface area contributed by atoms with Crippen molar-refractivity contribution in [3.8, 4) is 0 Å². The van der Waals surface area contributed by atoms with Crippen molar-refractivity contribution in [2.45, 2.75) is 51.1 Å². The molecule has 5 heteroatoms. The average molecular weight is 229 g/mol. The van der Waals surface area contributed by atoms with Crippen molar-refractivity contribution in [1.29, 1.82) is 0 Å². The molecular weight excluding hydrogens is 206 g/mol. The monoisotopic (exact) mass is 229 g/mol. The third-order valence-electron chi connectivity index (χ3n) is 3.44. The van der Waals surface area contributed by atoms with Gasteiger partial charge in [-0.15, -0.1) is 0 Å². The fraction of sp³-hybridized carbons (Fsp3) is 0.909. The molecule has 1 rings (SSSR count). The number of oxime groups is 1. The van der Waals surface area contributed by atoms with Crippen LogP contribution in [0.1, 0.15) is 39.0 Å². The molecule has 0 aromatic heterocycles. The second-order valence-electron chi connectivity index (χ2n) is 4.49. The van der Waals surface area contributed by atoms with Crippen LogP contribution in [0.25, 0.3) is 0 Å². The summed E-state index contributed by atoms with van der Waals surface area (Å²) in [7, 11) is 0. The van der Waals surface area contributed by atoms with E-state index in [-0.39, 0.29) is 24.5 Å². The van der Waals surface area contributed by atoms with Crippen molar-refractivity contribution in [2.24, 2.45) is 16.8 Å². The zero-order valence-corrected chi connectivity index (χ0v) is 9.89. The summed E-state index contributed by atoms with van der Waals surface area (Å²) in [6.07, 6.45) is 5.26. The van der Waals surface area contributed by atoms with E-state index in [9.17, 15) is 5.11 Å². The fourth-order valence-corrected chi connectivity index (χ4v) is 2.39. The highest BCUT2D eigenvalue weighted by molar-refractivity contribution is 5.85. The van der Waals surface area contributed by atoms with E-state index in [1.54, 1.807) is 0 Å². The van der Waals surface area contributed by atoms with Crippen LogP contribution in [0.3, 0.4) is 0 Å². The highest BCUT2D eigenvalue weighted by atomic mass is 16.4. The molecule has 1 aliphatic carbocycles.